The Bertz CT molecular complexity index is 337. The van der Waals surface area contributed by atoms with Crippen LogP contribution in [0.1, 0.15) is 52.9 Å². The molecule has 0 radical (unpaired) electrons. The molecule has 0 heterocycles. The van der Waals surface area contributed by atoms with E-state index in [0.29, 0.717) is 25.7 Å². The SMILES string of the molecule is CC(C)(C)OC(=O)NC1CC(O)(C2(O)CCC2)C1. The lowest BCUT2D eigenvalue weighted by molar-refractivity contribution is -0.231. The molecule has 1 amide bonds. The van der Waals surface area contributed by atoms with Gasteiger partial charge >= 0.3 is 6.09 Å². The molecule has 0 aliphatic heterocycles. The Morgan fingerprint density at radius 2 is 1.78 bits per heavy atom. The molecule has 18 heavy (non-hydrogen) atoms. The highest BCUT2D eigenvalue weighted by Crippen LogP contribution is 2.50. The lowest BCUT2D eigenvalue weighted by atomic mass is 9.58. The van der Waals surface area contributed by atoms with Crippen molar-refractivity contribution in [3.8, 4) is 0 Å². The monoisotopic (exact) mass is 257 g/mol. The number of ether oxygens (including phenoxy) is 1. The van der Waals surface area contributed by atoms with Gasteiger partial charge in [0.05, 0.1) is 11.2 Å². The van der Waals surface area contributed by atoms with Gasteiger partial charge in [0.15, 0.2) is 0 Å². The van der Waals surface area contributed by atoms with Gasteiger partial charge in [-0.1, -0.05) is 0 Å². The number of amides is 1. The first kappa shape index (κ1) is 13.6. The molecule has 0 atom stereocenters. The molecular weight excluding hydrogens is 234 g/mol. The molecule has 5 nitrogen and oxygen atoms in total. The first-order valence-corrected chi connectivity index (χ1v) is 6.58. The summed E-state index contributed by atoms with van der Waals surface area (Å²) < 4.78 is 5.14. The Kier molecular flexibility index (Phi) is 3.10. The summed E-state index contributed by atoms with van der Waals surface area (Å²) in [5.74, 6) is 0. The summed E-state index contributed by atoms with van der Waals surface area (Å²) in [6.45, 7) is 5.42. The van der Waals surface area contributed by atoms with Crippen molar-refractivity contribution in [1.29, 1.82) is 0 Å². The maximum absolute atomic E-state index is 11.5. The summed E-state index contributed by atoms with van der Waals surface area (Å²) in [5, 5.41) is 23.1. The zero-order chi connectivity index (χ0) is 13.6. The number of hydrogen-bond donors (Lipinski definition) is 3. The number of nitrogens with one attached hydrogen (secondary N) is 1. The molecule has 0 spiro atoms. The van der Waals surface area contributed by atoms with Crippen molar-refractivity contribution in [2.24, 2.45) is 0 Å². The van der Waals surface area contributed by atoms with E-state index in [0.717, 1.165) is 6.42 Å². The third-order valence-electron chi connectivity index (χ3n) is 3.94. The van der Waals surface area contributed by atoms with Crippen LogP contribution in [0.15, 0.2) is 0 Å². The van der Waals surface area contributed by atoms with Gasteiger partial charge in [-0.25, -0.2) is 4.79 Å². The van der Waals surface area contributed by atoms with Gasteiger partial charge in [-0.3, -0.25) is 0 Å². The van der Waals surface area contributed by atoms with Crippen LogP contribution in [0.3, 0.4) is 0 Å². The first-order valence-electron chi connectivity index (χ1n) is 6.58. The van der Waals surface area contributed by atoms with E-state index in [1.807, 2.05) is 0 Å². The van der Waals surface area contributed by atoms with Crippen LogP contribution >= 0.6 is 0 Å². The fourth-order valence-electron chi connectivity index (χ4n) is 2.69. The standard InChI is InChI=1S/C13H23NO4/c1-11(2,3)18-10(15)14-9-7-13(17,8-9)12(16)5-4-6-12/h9,16-17H,4-8H2,1-3H3,(H,14,15). The number of carbonyl (C=O) groups is 1. The second-order valence-corrected chi connectivity index (χ2v) is 6.67. The van der Waals surface area contributed by atoms with E-state index in [-0.39, 0.29) is 6.04 Å². The van der Waals surface area contributed by atoms with Gasteiger partial charge in [-0.15, -0.1) is 0 Å². The fraction of sp³-hybridized carbons (Fsp3) is 0.923. The van der Waals surface area contributed by atoms with Gasteiger partial charge in [0.1, 0.15) is 5.60 Å². The average molecular weight is 257 g/mol. The molecule has 2 fully saturated rings. The highest BCUT2D eigenvalue weighted by molar-refractivity contribution is 5.68. The smallest absolute Gasteiger partial charge is 0.407 e. The summed E-state index contributed by atoms with van der Waals surface area (Å²) >= 11 is 0. The molecule has 0 aromatic heterocycles. The van der Waals surface area contributed by atoms with E-state index in [1.54, 1.807) is 20.8 Å². The molecule has 0 bridgehead atoms. The summed E-state index contributed by atoms with van der Waals surface area (Å²) in [6, 6.07) is -0.102. The average Bonchev–Trinajstić information content (AvgIpc) is 2.07. The molecule has 0 saturated heterocycles. The third-order valence-corrected chi connectivity index (χ3v) is 3.94. The normalized spacial score (nSPS) is 34.2. The molecule has 104 valence electrons. The molecule has 2 aliphatic rings. The Balaban J connectivity index is 1.78. The molecule has 2 saturated carbocycles. The van der Waals surface area contributed by atoms with Gasteiger partial charge < -0.3 is 20.3 Å². The Hall–Kier alpha value is -0.810. The van der Waals surface area contributed by atoms with Gasteiger partial charge in [-0.2, -0.15) is 0 Å². The Morgan fingerprint density at radius 3 is 2.17 bits per heavy atom. The number of carbonyl (C=O) groups excluding carboxylic acids is 1. The number of hydrogen-bond acceptors (Lipinski definition) is 4. The minimum absolute atomic E-state index is 0.102. The van der Waals surface area contributed by atoms with Crippen LogP contribution in [-0.2, 0) is 4.74 Å². The van der Waals surface area contributed by atoms with Crippen LogP contribution in [0.4, 0.5) is 4.79 Å². The van der Waals surface area contributed by atoms with Crippen molar-refractivity contribution < 1.29 is 19.7 Å². The third kappa shape index (κ3) is 2.47. The largest absolute Gasteiger partial charge is 0.444 e. The fourth-order valence-corrected chi connectivity index (χ4v) is 2.69. The lowest BCUT2D eigenvalue weighted by Gasteiger charge is -2.57. The van der Waals surface area contributed by atoms with Crippen molar-refractivity contribution in [3.05, 3.63) is 0 Å². The maximum atomic E-state index is 11.5. The summed E-state index contributed by atoms with van der Waals surface area (Å²) in [5.41, 5.74) is -2.47. The van der Waals surface area contributed by atoms with Gasteiger partial charge in [0.25, 0.3) is 0 Å². The summed E-state index contributed by atoms with van der Waals surface area (Å²) in [4.78, 5) is 11.5. The number of alkyl carbamates (subject to hydrolysis) is 1. The van der Waals surface area contributed by atoms with Crippen LogP contribution < -0.4 is 5.32 Å². The summed E-state index contributed by atoms with van der Waals surface area (Å²) in [6.07, 6.45) is 2.62. The van der Waals surface area contributed by atoms with Crippen molar-refractivity contribution in [1.82, 2.24) is 5.32 Å². The predicted molar refractivity (Wildman–Crippen MR) is 66.1 cm³/mol. The van der Waals surface area contributed by atoms with Gasteiger partial charge in [0, 0.05) is 6.04 Å². The van der Waals surface area contributed by atoms with Crippen LogP contribution in [0.5, 0.6) is 0 Å². The van der Waals surface area contributed by atoms with Crippen LogP contribution in [0.2, 0.25) is 0 Å². The van der Waals surface area contributed by atoms with Crippen LogP contribution in [0.25, 0.3) is 0 Å². The van der Waals surface area contributed by atoms with Crippen LogP contribution in [-0.4, -0.2) is 39.2 Å². The summed E-state index contributed by atoms with van der Waals surface area (Å²) in [7, 11) is 0. The molecule has 5 heteroatoms. The van der Waals surface area contributed by atoms with Crippen LogP contribution in [0, 0.1) is 0 Å². The topological polar surface area (TPSA) is 78.8 Å². The van der Waals surface area contributed by atoms with E-state index in [4.69, 9.17) is 4.74 Å². The Morgan fingerprint density at radius 1 is 1.22 bits per heavy atom. The van der Waals surface area contributed by atoms with Crippen molar-refractivity contribution >= 4 is 6.09 Å². The van der Waals surface area contributed by atoms with Gasteiger partial charge in [0.2, 0.25) is 0 Å². The first-order chi connectivity index (χ1) is 8.14. The molecule has 0 aromatic rings. The molecule has 2 aliphatic carbocycles. The molecule has 0 unspecified atom stereocenters. The second kappa shape index (κ2) is 4.10. The zero-order valence-electron chi connectivity index (χ0n) is 11.3. The molecule has 0 aromatic carbocycles. The molecular formula is C13H23NO4. The number of rotatable bonds is 2. The maximum Gasteiger partial charge on any atom is 0.407 e. The van der Waals surface area contributed by atoms with E-state index < -0.39 is 22.9 Å². The Labute approximate surface area is 108 Å². The van der Waals surface area contributed by atoms with E-state index >= 15 is 0 Å². The van der Waals surface area contributed by atoms with Gasteiger partial charge in [-0.05, 0) is 52.9 Å². The quantitative estimate of drug-likeness (QED) is 0.697. The second-order valence-electron chi connectivity index (χ2n) is 6.67. The molecule has 2 rings (SSSR count). The highest BCUT2D eigenvalue weighted by atomic mass is 16.6. The molecule has 3 N–H and O–H groups in total. The van der Waals surface area contributed by atoms with E-state index in [9.17, 15) is 15.0 Å². The lowest BCUT2D eigenvalue weighted by Crippen LogP contribution is -2.69. The number of aliphatic hydroxyl groups is 2. The predicted octanol–water partition coefficient (Wildman–Crippen LogP) is 1.32. The van der Waals surface area contributed by atoms with Crippen molar-refractivity contribution in [2.45, 2.75) is 75.7 Å². The van der Waals surface area contributed by atoms with E-state index in [2.05, 4.69) is 5.32 Å². The minimum Gasteiger partial charge on any atom is -0.444 e. The zero-order valence-corrected chi connectivity index (χ0v) is 11.3. The highest BCUT2D eigenvalue weighted by Gasteiger charge is 2.59. The van der Waals surface area contributed by atoms with Crippen molar-refractivity contribution in [2.75, 3.05) is 0 Å². The van der Waals surface area contributed by atoms with E-state index in [1.165, 1.54) is 0 Å². The minimum atomic E-state index is -1.02. The van der Waals surface area contributed by atoms with Crippen molar-refractivity contribution in [3.63, 3.8) is 0 Å².